The molecule has 2 heterocycles. The topological polar surface area (TPSA) is 63.1 Å². The summed E-state index contributed by atoms with van der Waals surface area (Å²) >= 11 is 1.87. The van der Waals surface area contributed by atoms with Crippen LogP contribution in [0.1, 0.15) is 25.0 Å². The summed E-state index contributed by atoms with van der Waals surface area (Å²) in [6.45, 7) is 1.19. The highest BCUT2D eigenvalue weighted by Gasteiger charge is 2.20. The molecule has 1 aromatic rings. The second-order valence-electron chi connectivity index (χ2n) is 5.15. The fourth-order valence-corrected chi connectivity index (χ4v) is 4.85. The maximum atomic E-state index is 12.3. The average Bonchev–Trinajstić information content (AvgIpc) is 2.81. The Hall–Kier alpha value is -0.500. The van der Waals surface area contributed by atoms with Crippen LogP contribution in [-0.4, -0.2) is 37.6 Å². The average molecular weight is 317 g/mol. The van der Waals surface area contributed by atoms with Crippen molar-refractivity contribution >= 4 is 21.8 Å². The fourth-order valence-electron chi connectivity index (χ4n) is 2.34. The predicted octanol–water partition coefficient (Wildman–Crippen LogP) is 1.31. The Morgan fingerprint density at radius 3 is 2.90 bits per heavy atom. The van der Waals surface area contributed by atoms with Crippen molar-refractivity contribution in [3.63, 3.8) is 0 Å². The van der Waals surface area contributed by atoms with E-state index in [0.717, 1.165) is 17.9 Å². The van der Waals surface area contributed by atoms with E-state index in [1.165, 1.54) is 12.8 Å². The lowest BCUT2D eigenvalue weighted by Crippen LogP contribution is -2.31. The molecule has 1 aliphatic heterocycles. The first-order chi connectivity index (χ1) is 9.53. The van der Waals surface area contributed by atoms with Crippen LogP contribution < -0.4 is 10.0 Å². The molecule has 2 N–H and O–H groups in total. The van der Waals surface area contributed by atoms with E-state index < -0.39 is 10.0 Å². The third-order valence-corrected chi connectivity index (χ3v) is 6.31. The first-order valence-electron chi connectivity index (χ1n) is 6.94. The molecule has 1 unspecified atom stereocenters. The highest BCUT2D eigenvalue weighted by Crippen LogP contribution is 2.24. The molecule has 20 heavy (non-hydrogen) atoms. The third-order valence-electron chi connectivity index (χ3n) is 3.53. The number of thioether (sulfide) groups is 1. The van der Waals surface area contributed by atoms with Gasteiger partial charge in [-0.2, -0.15) is 11.8 Å². The van der Waals surface area contributed by atoms with Crippen LogP contribution in [0.2, 0.25) is 0 Å². The van der Waals surface area contributed by atoms with Gasteiger partial charge >= 0.3 is 0 Å². The Kier molecular flexibility index (Phi) is 5.54. The minimum Gasteiger partial charge on any atom is -0.352 e. The van der Waals surface area contributed by atoms with E-state index in [1.807, 2.05) is 30.4 Å². The Balaban J connectivity index is 2.00. The molecule has 1 fully saturated rings. The largest absolute Gasteiger partial charge is 0.352 e. The smallest absolute Gasteiger partial charge is 0.242 e. The summed E-state index contributed by atoms with van der Waals surface area (Å²) in [5.41, 5.74) is 0.958. The number of nitrogens with one attached hydrogen (secondary N) is 2. The second-order valence-corrected chi connectivity index (χ2v) is 8.32. The van der Waals surface area contributed by atoms with Gasteiger partial charge in [-0.15, -0.1) is 0 Å². The van der Waals surface area contributed by atoms with E-state index in [0.29, 0.717) is 23.2 Å². The number of sulfonamides is 1. The summed E-state index contributed by atoms with van der Waals surface area (Å²) in [5.74, 6) is 1.14. The van der Waals surface area contributed by atoms with Crippen LogP contribution in [0, 0.1) is 0 Å². The number of hydrogen-bond acceptors (Lipinski definition) is 4. The molecule has 1 aliphatic rings. The van der Waals surface area contributed by atoms with Gasteiger partial charge in [0.25, 0.3) is 0 Å². The summed E-state index contributed by atoms with van der Waals surface area (Å²) in [4.78, 5) is 0.353. The standard InChI is InChI=1S/C13H23N3O2S2/c1-14-8-11-7-13(10-16(11)2)20(17,18)15-9-12-5-3-4-6-19-12/h7,10,12,14-15H,3-6,8-9H2,1-2H3. The first-order valence-corrected chi connectivity index (χ1v) is 9.47. The van der Waals surface area contributed by atoms with Crippen LogP contribution >= 0.6 is 11.8 Å². The minimum atomic E-state index is -3.39. The van der Waals surface area contributed by atoms with Crippen LogP contribution in [0.4, 0.5) is 0 Å². The van der Waals surface area contributed by atoms with E-state index >= 15 is 0 Å². The lowest BCUT2D eigenvalue weighted by molar-refractivity contribution is 0.573. The molecule has 114 valence electrons. The van der Waals surface area contributed by atoms with Crippen molar-refractivity contribution in [3.8, 4) is 0 Å². The van der Waals surface area contributed by atoms with Gasteiger partial charge in [0.15, 0.2) is 0 Å². The highest BCUT2D eigenvalue weighted by molar-refractivity contribution is 8.00. The second kappa shape index (κ2) is 6.98. The molecule has 0 saturated carbocycles. The van der Waals surface area contributed by atoms with Crippen molar-refractivity contribution in [3.05, 3.63) is 18.0 Å². The quantitative estimate of drug-likeness (QED) is 0.830. The summed E-state index contributed by atoms with van der Waals surface area (Å²) in [7, 11) is 0.319. The monoisotopic (exact) mass is 317 g/mol. The van der Waals surface area contributed by atoms with E-state index in [1.54, 1.807) is 12.3 Å². The first kappa shape index (κ1) is 15.9. The van der Waals surface area contributed by atoms with Gasteiger partial charge in [-0.05, 0) is 31.7 Å². The molecule has 0 aromatic carbocycles. The zero-order valence-electron chi connectivity index (χ0n) is 12.1. The number of nitrogens with zero attached hydrogens (tertiary/aromatic N) is 1. The molecule has 1 saturated heterocycles. The van der Waals surface area contributed by atoms with Gasteiger partial charge in [-0.1, -0.05) is 6.42 Å². The number of rotatable bonds is 6. The minimum absolute atomic E-state index is 0.353. The molecular weight excluding hydrogens is 294 g/mol. The molecular formula is C13H23N3O2S2. The van der Waals surface area contributed by atoms with Crippen LogP contribution in [0.15, 0.2) is 17.2 Å². The molecule has 5 nitrogen and oxygen atoms in total. The van der Waals surface area contributed by atoms with Crippen LogP contribution in [0.3, 0.4) is 0 Å². The van der Waals surface area contributed by atoms with Gasteiger partial charge < -0.3 is 9.88 Å². The van der Waals surface area contributed by atoms with Crippen LogP contribution in [-0.2, 0) is 23.6 Å². The van der Waals surface area contributed by atoms with Gasteiger partial charge in [-0.3, -0.25) is 0 Å². The third kappa shape index (κ3) is 4.00. The van der Waals surface area contributed by atoms with Crippen molar-refractivity contribution in [1.29, 1.82) is 0 Å². The summed E-state index contributed by atoms with van der Waals surface area (Å²) in [6, 6.07) is 1.73. The van der Waals surface area contributed by atoms with E-state index in [4.69, 9.17) is 0 Å². The van der Waals surface area contributed by atoms with Crippen molar-refractivity contribution in [2.24, 2.45) is 7.05 Å². The van der Waals surface area contributed by atoms with Crippen LogP contribution in [0.5, 0.6) is 0 Å². The summed E-state index contributed by atoms with van der Waals surface area (Å²) in [6.07, 6.45) is 5.23. The lowest BCUT2D eigenvalue weighted by Gasteiger charge is -2.21. The Morgan fingerprint density at radius 1 is 1.45 bits per heavy atom. The Bertz CT molecular complexity index is 534. The number of hydrogen-bond donors (Lipinski definition) is 2. The van der Waals surface area contributed by atoms with Gasteiger partial charge in [0.1, 0.15) is 0 Å². The molecule has 2 rings (SSSR count). The molecule has 0 spiro atoms. The van der Waals surface area contributed by atoms with Crippen molar-refractivity contribution < 1.29 is 8.42 Å². The number of aromatic nitrogens is 1. The van der Waals surface area contributed by atoms with Gasteiger partial charge in [0.05, 0.1) is 4.90 Å². The molecule has 0 amide bonds. The molecule has 0 radical (unpaired) electrons. The van der Waals surface area contributed by atoms with Crippen molar-refractivity contribution in [2.75, 3.05) is 19.3 Å². The van der Waals surface area contributed by atoms with Crippen molar-refractivity contribution in [1.82, 2.24) is 14.6 Å². The highest BCUT2D eigenvalue weighted by atomic mass is 32.2. The van der Waals surface area contributed by atoms with E-state index in [-0.39, 0.29) is 0 Å². The normalized spacial score (nSPS) is 20.2. The molecule has 1 aromatic heterocycles. The zero-order chi connectivity index (χ0) is 14.6. The maximum Gasteiger partial charge on any atom is 0.242 e. The number of aryl methyl sites for hydroxylation is 1. The van der Waals surface area contributed by atoms with Gasteiger partial charge in [0, 0.05) is 37.3 Å². The summed E-state index contributed by atoms with van der Waals surface area (Å²) in [5, 5.41) is 3.45. The Morgan fingerprint density at radius 2 is 2.25 bits per heavy atom. The molecule has 0 bridgehead atoms. The molecule has 1 atom stereocenters. The molecule has 7 heteroatoms. The zero-order valence-corrected chi connectivity index (χ0v) is 13.7. The van der Waals surface area contributed by atoms with Gasteiger partial charge in [0.2, 0.25) is 10.0 Å². The molecule has 0 aliphatic carbocycles. The fraction of sp³-hybridized carbons (Fsp3) is 0.692. The maximum absolute atomic E-state index is 12.3. The SMILES string of the molecule is CNCc1cc(S(=O)(=O)NCC2CCCCS2)cn1C. The van der Waals surface area contributed by atoms with Crippen LogP contribution in [0.25, 0.3) is 0 Å². The van der Waals surface area contributed by atoms with Crippen molar-refractivity contribution in [2.45, 2.75) is 36.0 Å². The Labute approximate surface area is 125 Å². The van der Waals surface area contributed by atoms with Gasteiger partial charge in [-0.25, -0.2) is 13.1 Å². The van der Waals surface area contributed by atoms with E-state index in [2.05, 4.69) is 10.0 Å². The summed E-state index contributed by atoms with van der Waals surface area (Å²) < 4.78 is 29.2. The predicted molar refractivity (Wildman–Crippen MR) is 83.5 cm³/mol. The van der Waals surface area contributed by atoms with E-state index in [9.17, 15) is 8.42 Å². The lowest BCUT2D eigenvalue weighted by atomic mass is 10.2.